The maximum absolute atomic E-state index is 13.1. The van der Waals surface area contributed by atoms with Gasteiger partial charge in [-0.3, -0.25) is 4.79 Å². The summed E-state index contributed by atoms with van der Waals surface area (Å²) >= 11 is 1.52. The number of hydrogen-bond acceptors (Lipinski definition) is 8. The zero-order chi connectivity index (χ0) is 25.9. The number of nitrogens with one attached hydrogen (secondary N) is 2. The maximum atomic E-state index is 13.1. The summed E-state index contributed by atoms with van der Waals surface area (Å²) in [6, 6.07) is 4.55. The minimum atomic E-state index is -4.63. The molecule has 192 valence electrons. The molecule has 3 heterocycles. The molecule has 0 aliphatic carbocycles. The standard InChI is InChI=1S/C24H26F3N5O3S/c1-13-15(3)36-22(32-13)17-6-16(7-19(8-17)35-12-20-11-28-4-5-34-20)21(33)31-14(2)18-9-29-23(30-10-18)24(25,26)27/h6-10,14,20,28H,4-5,11-12H2,1-3H3,(H,31,33)/t14-,20?/m1/s1. The Kier molecular flexibility index (Phi) is 7.86. The van der Waals surface area contributed by atoms with Crippen LogP contribution in [0.2, 0.25) is 0 Å². The van der Waals surface area contributed by atoms with Crippen LogP contribution in [0.25, 0.3) is 10.6 Å². The van der Waals surface area contributed by atoms with E-state index in [4.69, 9.17) is 9.47 Å². The predicted molar refractivity (Wildman–Crippen MR) is 128 cm³/mol. The monoisotopic (exact) mass is 521 g/mol. The largest absolute Gasteiger partial charge is 0.491 e. The summed E-state index contributed by atoms with van der Waals surface area (Å²) in [5.74, 6) is -1.16. The van der Waals surface area contributed by atoms with Gasteiger partial charge in [0.15, 0.2) is 0 Å². The molecule has 0 radical (unpaired) electrons. The van der Waals surface area contributed by atoms with Gasteiger partial charge in [0.25, 0.3) is 5.91 Å². The van der Waals surface area contributed by atoms with Gasteiger partial charge in [0.05, 0.1) is 18.3 Å². The number of ether oxygens (including phenoxy) is 2. The fourth-order valence-corrected chi connectivity index (χ4v) is 4.42. The summed E-state index contributed by atoms with van der Waals surface area (Å²) in [5.41, 5.74) is 2.31. The highest BCUT2D eigenvalue weighted by atomic mass is 32.1. The van der Waals surface area contributed by atoms with Crippen LogP contribution in [-0.4, -0.2) is 53.3 Å². The Hall–Kier alpha value is -3.09. The molecule has 2 aromatic heterocycles. The third-order valence-corrected chi connectivity index (χ3v) is 6.78. The lowest BCUT2D eigenvalue weighted by Crippen LogP contribution is -2.41. The van der Waals surface area contributed by atoms with Crippen molar-refractivity contribution in [3.05, 3.63) is 58.1 Å². The van der Waals surface area contributed by atoms with E-state index in [1.165, 1.54) is 11.3 Å². The van der Waals surface area contributed by atoms with Gasteiger partial charge in [-0.15, -0.1) is 11.3 Å². The molecule has 36 heavy (non-hydrogen) atoms. The zero-order valence-corrected chi connectivity index (χ0v) is 20.8. The molecule has 12 heteroatoms. The van der Waals surface area contributed by atoms with Crippen molar-refractivity contribution in [3.8, 4) is 16.3 Å². The van der Waals surface area contributed by atoms with Crippen LogP contribution in [0.3, 0.4) is 0 Å². The SMILES string of the molecule is Cc1nc(-c2cc(OCC3CNCCO3)cc(C(=O)N[C@H](C)c3cnc(C(F)(F)F)nc3)c2)sc1C. The molecule has 0 spiro atoms. The third kappa shape index (κ3) is 6.37. The van der Waals surface area contributed by atoms with Crippen molar-refractivity contribution in [2.75, 3.05) is 26.3 Å². The molecule has 2 atom stereocenters. The highest BCUT2D eigenvalue weighted by molar-refractivity contribution is 7.15. The second-order valence-electron chi connectivity index (χ2n) is 8.45. The molecule has 1 saturated heterocycles. The van der Waals surface area contributed by atoms with Crippen molar-refractivity contribution in [1.29, 1.82) is 0 Å². The van der Waals surface area contributed by atoms with Crippen LogP contribution in [0, 0.1) is 13.8 Å². The van der Waals surface area contributed by atoms with Crippen LogP contribution in [0.4, 0.5) is 13.2 Å². The van der Waals surface area contributed by atoms with Gasteiger partial charge in [0.1, 0.15) is 23.5 Å². The normalized spacial score (nSPS) is 17.0. The summed E-state index contributed by atoms with van der Waals surface area (Å²) in [4.78, 5) is 25.5. The average Bonchev–Trinajstić information content (AvgIpc) is 3.20. The van der Waals surface area contributed by atoms with Crippen molar-refractivity contribution in [2.45, 2.75) is 39.1 Å². The average molecular weight is 522 g/mol. The lowest BCUT2D eigenvalue weighted by molar-refractivity contribution is -0.145. The van der Waals surface area contributed by atoms with Gasteiger partial charge in [-0.1, -0.05) is 0 Å². The van der Waals surface area contributed by atoms with Crippen LogP contribution in [-0.2, 0) is 10.9 Å². The lowest BCUT2D eigenvalue weighted by atomic mass is 10.1. The topological polar surface area (TPSA) is 98.3 Å². The van der Waals surface area contributed by atoms with Crippen molar-refractivity contribution in [1.82, 2.24) is 25.6 Å². The van der Waals surface area contributed by atoms with Crippen LogP contribution in [0.5, 0.6) is 5.75 Å². The molecule has 4 rings (SSSR count). The number of aryl methyl sites for hydroxylation is 2. The number of amides is 1. The first-order chi connectivity index (χ1) is 17.1. The smallest absolute Gasteiger partial charge is 0.451 e. The summed E-state index contributed by atoms with van der Waals surface area (Å²) < 4.78 is 49.9. The first-order valence-electron chi connectivity index (χ1n) is 11.3. The minimum Gasteiger partial charge on any atom is -0.491 e. The number of aromatic nitrogens is 3. The molecule has 0 bridgehead atoms. The Morgan fingerprint density at radius 3 is 2.64 bits per heavy atom. The van der Waals surface area contributed by atoms with Crippen molar-refractivity contribution >= 4 is 17.2 Å². The highest BCUT2D eigenvalue weighted by Crippen LogP contribution is 2.31. The van der Waals surface area contributed by atoms with Crippen molar-refractivity contribution < 1.29 is 27.4 Å². The second-order valence-corrected chi connectivity index (χ2v) is 9.65. The Morgan fingerprint density at radius 2 is 2.03 bits per heavy atom. The summed E-state index contributed by atoms with van der Waals surface area (Å²) in [6.45, 7) is 7.92. The summed E-state index contributed by atoms with van der Waals surface area (Å²) in [5, 5.41) is 6.79. The fourth-order valence-electron chi connectivity index (χ4n) is 3.52. The number of morpholine rings is 1. The van der Waals surface area contributed by atoms with Crippen LogP contribution >= 0.6 is 11.3 Å². The minimum absolute atomic E-state index is 0.108. The van der Waals surface area contributed by atoms with E-state index in [2.05, 4.69) is 25.6 Å². The number of rotatable bonds is 7. The van der Waals surface area contributed by atoms with E-state index in [1.54, 1.807) is 19.1 Å². The van der Waals surface area contributed by atoms with Crippen LogP contribution in [0.15, 0.2) is 30.6 Å². The number of benzene rings is 1. The van der Waals surface area contributed by atoms with E-state index >= 15 is 0 Å². The first kappa shape index (κ1) is 26.0. The van der Waals surface area contributed by atoms with Gasteiger partial charge in [-0.2, -0.15) is 13.2 Å². The second kappa shape index (κ2) is 10.9. The number of alkyl halides is 3. The lowest BCUT2D eigenvalue weighted by Gasteiger charge is -2.23. The fraction of sp³-hybridized carbons (Fsp3) is 0.417. The number of thiazole rings is 1. The van der Waals surface area contributed by atoms with Gasteiger partial charge in [-0.25, -0.2) is 15.0 Å². The molecular formula is C24H26F3N5O3S. The Morgan fingerprint density at radius 1 is 1.28 bits per heavy atom. The van der Waals surface area contributed by atoms with E-state index in [0.29, 0.717) is 36.6 Å². The molecule has 0 saturated carbocycles. The number of hydrogen-bond donors (Lipinski definition) is 2. The van der Waals surface area contributed by atoms with E-state index in [9.17, 15) is 18.0 Å². The van der Waals surface area contributed by atoms with E-state index in [1.807, 2.05) is 19.9 Å². The number of carbonyl (C=O) groups excluding carboxylic acids is 1. The molecule has 1 aliphatic rings. The van der Waals surface area contributed by atoms with E-state index in [0.717, 1.165) is 40.1 Å². The van der Waals surface area contributed by atoms with E-state index < -0.39 is 23.9 Å². The molecule has 8 nitrogen and oxygen atoms in total. The molecule has 1 aliphatic heterocycles. The molecule has 1 amide bonds. The van der Waals surface area contributed by atoms with Gasteiger partial charge in [-0.05, 0) is 39.0 Å². The van der Waals surface area contributed by atoms with Gasteiger partial charge in [0, 0.05) is 47.1 Å². The molecular weight excluding hydrogens is 495 g/mol. The Balaban J connectivity index is 1.55. The molecule has 2 N–H and O–H groups in total. The van der Waals surface area contributed by atoms with Crippen molar-refractivity contribution in [2.24, 2.45) is 0 Å². The number of carbonyl (C=O) groups is 1. The van der Waals surface area contributed by atoms with Gasteiger partial charge in [0.2, 0.25) is 5.82 Å². The zero-order valence-electron chi connectivity index (χ0n) is 20.0. The predicted octanol–water partition coefficient (Wildman–Crippen LogP) is 4.09. The highest BCUT2D eigenvalue weighted by Gasteiger charge is 2.34. The molecule has 1 aromatic carbocycles. The molecule has 1 fully saturated rings. The van der Waals surface area contributed by atoms with Gasteiger partial charge >= 0.3 is 6.18 Å². The number of halogens is 3. The number of nitrogens with zero attached hydrogens (tertiary/aromatic N) is 3. The quantitative estimate of drug-likeness (QED) is 0.483. The Bertz CT molecular complexity index is 1190. The maximum Gasteiger partial charge on any atom is 0.451 e. The third-order valence-electron chi connectivity index (χ3n) is 5.66. The first-order valence-corrected chi connectivity index (χ1v) is 12.2. The van der Waals surface area contributed by atoms with E-state index in [-0.39, 0.29) is 6.10 Å². The molecule has 3 aromatic rings. The van der Waals surface area contributed by atoms with Crippen LogP contribution in [0.1, 0.15) is 45.3 Å². The summed E-state index contributed by atoms with van der Waals surface area (Å²) in [6.07, 6.45) is -2.62. The molecule has 1 unspecified atom stereocenters. The Labute approximate surface area is 210 Å². The van der Waals surface area contributed by atoms with Gasteiger partial charge < -0.3 is 20.1 Å². The van der Waals surface area contributed by atoms with Crippen molar-refractivity contribution in [3.63, 3.8) is 0 Å². The summed E-state index contributed by atoms with van der Waals surface area (Å²) in [7, 11) is 0. The van der Waals surface area contributed by atoms with Crippen LogP contribution < -0.4 is 15.4 Å².